The van der Waals surface area contributed by atoms with Gasteiger partial charge >= 0.3 is 5.97 Å². The third kappa shape index (κ3) is 3.55. The van der Waals surface area contributed by atoms with Crippen LogP contribution in [0.5, 0.6) is 0 Å². The van der Waals surface area contributed by atoms with Crippen molar-refractivity contribution in [3.05, 3.63) is 51.7 Å². The Labute approximate surface area is 157 Å². The van der Waals surface area contributed by atoms with Gasteiger partial charge in [-0.1, -0.05) is 31.2 Å². The zero-order chi connectivity index (χ0) is 18.7. The number of aryl methyl sites for hydroxylation is 1. The van der Waals surface area contributed by atoms with Gasteiger partial charge in [-0.3, -0.25) is 0 Å². The molecule has 0 bridgehead atoms. The van der Waals surface area contributed by atoms with E-state index in [0.717, 1.165) is 23.3 Å². The number of piperazine rings is 1. The van der Waals surface area contributed by atoms with E-state index >= 15 is 0 Å². The summed E-state index contributed by atoms with van der Waals surface area (Å²) in [5, 5.41) is 4.87. The monoisotopic (exact) mass is 394 g/mol. The minimum atomic E-state index is -3.81. The van der Waals surface area contributed by atoms with Crippen LogP contribution >= 0.6 is 11.3 Å². The molecule has 1 N–H and O–H groups in total. The van der Waals surface area contributed by atoms with Gasteiger partial charge in [0.1, 0.15) is 9.77 Å². The Hall–Kier alpha value is -1.74. The predicted molar refractivity (Wildman–Crippen MR) is 101 cm³/mol. The van der Waals surface area contributed by atoms with Gasteiger partial charge in [-0.25, -0.2) is 13.2 Å². The van der Waals surface area contributed by atoms with Crippen LogP contribution in [0, 0.1) is 0 Å². The maximum absolute atomic E-state index is 13.3. The first kappa shape index (κ1) is 19.0. The van der Waals surface area contributed by atoms with Gasteiger partial charge < -0.3 is 10.1 Å². The predicted octanol–water partition coefficient (Wildman–Crippen LogP) is 2.43. The molecule has 0 spiro atoms. The van der Waals surface area contributed by atoms with E-state index in [-0.39, 0.29) is 15.8 Å². The molecule has 1 aliphatic rings. The lowest BCUT2D eigenvalue weighted by molar-refractivity contribution is 0.0602. The number of nitrogens with zero attached hydrogens (tertiary/aromatic N) is 1. The normalized spacial score (nSPS) is 18.6. The van der Waals surface area contributed by atoms with Gasteiger partial charge in [0.05, 0.1) is 13.2 Å². The molecule has 1 aliphatic heterocycles. The molecule has 1 fully saturated rings. The van der Waals surface area contributed by atoms with Crippen molar-refractivity contribution in [1.29, 1.82) is 0 Å². The van der Waals surface area contributed by atoms with Gasteiger partial charge in [0.15, 0.2) is 0 Å². The van der Waals surface area contributed by atoms with Gasteiger partial charge in [-0.15, -0.1) is 11.3 Å². The lowest BCUT2D eigenvalue weighted by atomic mass is 10.0. The van der Waals surface area contributed by atoms with Gasteiger partial charge in [-0.05, 0) is 29.0 Å². The molecule has 2 heterocycles. The first-order valence-electron chi connectivity index (χ1n) is 8.46. The molecule has 1 unspecified atom stereocenters. The van der Waals surface area contributed by atoms with Crippen LogP contribution < -0.4 is 5.32 Å². The van der Waals surface area contributed by atoms with Crippen LogP contribution in [-0.2, 0) is 21.2 Å². The first-order chi connectivity index (χ1) is 12.5. The highest BCUT2D eigenvalue weighted by Crippen LogP contribution is 2.32. The summed E-state index contributed by atoms with van der Waals surface area (Å²) in [6.07, 6.45) is 0.933. The molecule has 1 aromatic carbocycles. The highest BCUT2D eigenvalue weighted by atomic mass is 32.2. The number of ether oxygens (including phenoxy) is 1. The number of nitrogens with one attached hydrogen (secondary N) is 1. The maximum Gasteiger partial charge on any atom is 0.349 e. The summed E-state index contributed by atoms with van der Waals surface area (Å²) in [6.45, 7) is 3.53. The topological polar surface area (TPSA) is 75.7 Å². The van der Waals surface area contributed by atoms with E-state index in [1.807, 2.05) is 24.3 Å². The molecule has 6 nitrogen and oxygen atoms in total. The molecule has 8 heteroatoms. The largest absolute Gasteiger partial charge is 0.465 e. The molecular weight excluding hydrogens is 372 g/mol. The molecule has 0 aliphatic carbocycles. The van der Waals surface area contributed by atoms with Gasteiger partial charge in [-0.2, -0.15) is 4.31 Å². The minimum Gasteiger partial charge on any atom is -0.465 e. The fourth-order valence-corrected chi connectivity index (χ4v) is 6.03. The van der Waals surface area contributed by atoms with Gasteiger partial charge in [0.2, 0.25) is 10.0 Å². The quantitative estimate of drug-likeness (QED) is 0.789. The zero-order valence-corrected chi connectivity index (χ0v) is 16.4. The minimum absolute atomic E-state index is 0.0198. The number of esters is 1. The molecule has 0 saturated carbocycles. The summed E-state index contributed by atoms with van der Waals surface area (Å²) in [7, 11) is -2.56. The highest BCUT2D eigenvalue weighted by molar-refractivity contribution is 7.89. The molecular formula is C18H22N2O4S2. The van der Waals surface area contributed by atoms with Gasteiger partial charge in [0.25, 0.3) is 0 Å². The standard InChI is InChI=1S/C18H22N2O4S2/c1-3-13-4-6-14(7-5-13)15-12-19-9-10-20(15)26(22,23)16-8-11-25-17(16)18(21)24-2/h4-8,11,15,19H,3,9-10,12H2,1-2H3. The third-order valence-electron chi connectivity index (χ3n) is 4.55. The van der Waals surface area contributed by atoms with Crippen LogP contribution in [0.4, 0.5) is 0 Å². The summed E-state index contributed by atoms with van der Waals surface area (Å²) in [6, 6.07) is 9.18. The van der Waals surface area contributed by atoms with Gasteiger partial charge in [0, 0.05) is 19.6 Å². The highest BCUT2D eigenvalue weighted by Gasteiger charge is 2.37. The number of hydrogen-bond donors (Lipinski definition) is 1. The number of hydrogen-bond acceptors (Lipinski definition) is 6. The lowest BCUT2D eigenvalue weighted by Crippen LogP contribution is -2.48. The van der Waals surface area contributed by atoms with E-state index in [4.69, 9.17) is 4.74 Å². The zero-order valence-electron chi connectivity index (χ0n) is 14.8. The van der Waals surface area contributed by atoms with E-state index in [9.17, 15) is 13.2 Å². The third-order valence-corrected chi connectivity index (χ3v) is 7.53. The maximum atomic E-state index is 13.3. The Morgan fingerprint density at radius 3 is 2.69 bits per heavy atom. The van der Waals surface area contributed by atoms with E-state index in [2.05, 4.69) is 12.2 Å². The number of sulfonamides is 1. The second-order valence-electron chi connectivity index (χ2n) is 6.04. The van der Waals surface area contributed by atoms with E-state index in [0.29, 0.717) is 19.6 Å². The van der Waals surface area contributed by atoms with E-state index in [1.54, 1.807) is 5.38 Å². The Balaban J connectivity index is 1.98. The molecule has 1 atom stereocenters. The summed E-state index contributed by atoms with van der Waals surface area (Å²) in [5.74, 6) is -0.627. The summed E-state index contributed by atoms with van der Waals surface area (Å²) < 4.78 is 32.8. The summed E-state index contributed by atoms with van der Waals surface area (Å²) in [4.78, 5) is 12.1. The van der Waals surface area contributed by atoms with E-state index in [1.165, 1.54) is 23.0 Å². The molecule has 1 saturated heterocycles. The van der Waals surface area contributed by atoms with Crippen molar-refractivity contribution in [1.82, 2.24) is 9.62 Å². The summed E-state index contributed by atoms with van der Waals surface area (Å²) >= 11 is 1.08. The summed E-state index contributed by atoms with van der Waals surface area (Å²) in [5.41, 5.74) is 2.14. The van der Waals surface area contributed by atoms with Crippen LogP contribution in [0.25, 0.3) is 0 Å². The first-order valence-corrected chi connectivity index (χ1v) is 10.8. The van der Waals surface area contributed by atoms with Crippen LogP contribution in [-0.4, -0.2) is 45.4 Å². The second-order valence-corrected chi connectivity index (χ2v) is 8.81. The number of benzene rings is 1. The Kier molecular flexibility index (Phi) is 5.76. The van der Waals surface area contributed by atoms with Crippen LogP contribution in [0.1, 0.15) is 33.8 Å². The Morgan fingerprint density at radius 2 is 2.04 bits per heavy atom. The molecule has 140 valence electrons. The molecule has 26 heavy (non-hydrogen) atoms. The van der Waals surface area contributed by atoms with Crippen LogP contribution in [0.2, 0.25) is 0 Å². The number of carbonyl (C=O) groups excluding carboxylic acids is 1. The van der Waals surface area contributed by atoms with Crippen LogP contribution in [0.15, 0.2) is 40.6 Å². The number of methoxy groups -OCH3 is 1. The number of carbonyl (C=O) groups is 1. The van der Waals surface area contributed by atoms with Crippen molar-refractivity contribution >= 4 is 27.3 Å². The molecule has 2 aromatic rings. The van der Waals surface area contributed by atoms with Crippen LogP contribution in [0.3, 0.4) is 0 Å². The fraction of sp³-hybridized carbons (Fsp3) is 0.389. The van der Waals surface area contributed by atoms with Crippen molar-refractivity contribution in [3.63, 3.8) is 0 Å². The second kappa shape index (κ2) is 7.87. The molecule has 0 amide bonds. The van der Waals surface area contributed by atoms with Crippen molar-refractivity contribution in [2.45, 2.75) is 24.3 Å². The SMILES string of the molecule is CCc1ccc(C2CNCCN2S(=O)(=O)c2ccsc2C(=O)OC)cc1. The Morgan fingerprint density at radius 1 is 1.31 bits per heavy atom. The number of thiophene rings is 1. The van der Waals surface area contributed by atoms with E-state index < -0.39 is 16.0 Å². The lowest BCUT2D eigenvalue weighted by Gasteiger charge is -2.35. The van der Waals surface area contributed by atoms with Crippen molar-refractivity contribution in [2.75, 3.05) is 26.7 Å². The van der Waals surface area contributed by atoms with Crippen molar-refractivity contribution < 1.29 is 17.9 Å². The Bertz CT molecular complexity index is 875. The average Bonchev–Trinajstić information content (AvgIpc) is 3.18. The smallest absolute Gasteiger partial charge is 0.349 e. The van der Waals surface area contributed by atoms with Crippen molar-refractivity contribution in [2.24, 2.45) is 0 Å². The van der Waals surface area contributed by atoms with Crippen molar-refractivity contribution in [3.8, 4) is 0 Å². The molecule has 0 radical (unpaired) electrons. The number of rotatable bonds is 5. The average molecular weight is 395 g/mol. The molecule has 3 rings (SSSR count). The molecule has 1 aromatic heterocycles. The fourth-order valence-electron chi connectivity index (χ4n) is 3.10.